The molecule has 0 N–H and O–H groups in total. The molecule has 1 saturated heterocycles. The Morgan fingerprint density at radius 1 is 1.07 bits per heavy atom. The van der Waals surface area contributed by atoms with Crippen molar-refractivity contribution in [1.29, 1.82) is 0 Å². The number of rotatable bonds is 7. The molecule has 1 rings (SSSR count). The lowest BCUT2D eigenvalue weighted by atomic mass is 10.0. The standard InChI is InChI=1S/C10H19ClO3/c11-3-6-13-7-8-14-9-10-1-4-12-5-2-10/h10H,1-9H2. The smallest absolute Gasteiger partial charge is 0.0701 e. The first kappa shape index (κ1) is 12.2. The zero-order valence-corrected chi connectivity index (χ0v) is 9.30. The van der Waals surface area contributed by atoms with Crippen LogP contribution in [0.3, 0.4) is 0 Å². The normalized spacial score (nSPS) is 18.6. The van der Waals surface area contributed by atoms with E-state index in [4.69, 9.17) is 25.8 Å². The van der Waals surface area contributed by atoms with Gasteiger partial charge in [-0.2, -0.15) is 0 Å². The van der Waals surface area contributed by atoms with Gasteiger partial charge in [-0.3, -0.25) is 0 Å². The van der Waals surface area contributed by atoms with Crippen LogP contribution in [0, 0.1) is 5.92 Å². The highest BCUT2D eigenvalue weighted by Crippen LogP contribution is 2.14. The van der Waals surface area contributed by atoms with Crippen LogP contribution in [-0.4, -0.2) is 45.5 Å². The van der Waals surface area contributed by atoms with Gasteiger partial charge in [-0.25, -0.2) is 0 Å². The third-order valence-corrected chi connectivity index (χ3v) is 2.44. The summed E-state index contributed by atoms with van der Waals surface area (Å²) in [5.41, 5.74) is 0. The fourth-order valence-corrected chi connectivity index (χ4v) is 1.55. The second kappa shape index (κ2) is 8.48. The van der Waals surface area contributed by atoms with Crippen molar-refractivity contribution >= 4 is 11.6 Å². The molecule has 0 bridgehead atoms. The van der Waals surface area contributed by atoms with Crippen LogP contribution in [0.2, 0.25) is 0 Å². The number of hydrogen-bond acceptors (Lipinski definition) is 3. The van der Waals surface area contributed by atoms with Gasteiger partial charge in [0.2, 0.25) is 0 Å². The summed E-state index contributed by atoms with van der Waals surface area (Å²) in [7, 11) is 0. The Labute approximate surface area is 90.7 Å². The molecule has 0 saturated carbocycles. The van der Waals surface area contributed by atoms with E-state index < -0.39 is 0 Å². The topological polar surface area (TPSA) is 27.7 Å². The molecule has 0 aliphatic carbocycles. The molecule has 3 nitrogen and oxygen atoms in total. The highest BCUT2D eigenvalue weighted by molar-refractivity contribution is 6.17. The van der Waals surface area contributed by atoms with Crippen LogP contribution in [0.25, 0.3) is 0 Å². The Bertz CT molecular complexity index is 127. The molecular weight excluding hydrogens is 204 g/mol. The van der Waals surface area contributed by atoms with Crippen molar-refractivity contribution in [2.24, 2.45) is 5.92 Å². The molecule has 4 heteroatoms. The van der Waals surface area contributed by atoms with Crippen LogP contribution in [0.15, 0.2) is 0 Å². The van der Waals surface area contributed by atoms with E-state index in [0.717, 1.165) is 32.7 Å². The van der Waals surface area contributed by atoms with E-state index in [1.165, 1.54) is 0 Å². The van der Waals surface area contributed by atoms with Crippen molar-refractivity contribution in [3.8, 4) is 0 Å². The zero-order chi connectivity index (χ0) is 10.1. The van der Waals surface area contributed by atoms with Gasteiger partial charge >= 0.3 is 0 Å². The highest BCUT2D eigenvalue weighted by Gasteiger charge is 2.13. The van der Waals surface area contributed by atoms with Crippen molar-refractivity contribution in [2.75, 3.05) is 45.5 Å². The summed E-state index contributed by atoms with van der Waals surface area (Å²) in [6, 6.07) is 0. The van der Waals surface area contributed by atoms with Crippen LogP contribution in [-0.2, 0) is 14.2 Å². The molecule has 14 heavy (non-hydrogen) atoms. The number of halogens is 1. The average Bonchev–Trinajstić information content (AvgIpc) is 2.25. The number of ether oxygens (including phenoxy) is 3. The van der Waals surface area contributed by atoms with E-state index in [2.05, 4.69) is 0 Å². The fraction of sp³-hybridized carbons (Fsp3) is 1.00. The number of alkyl halides is 1. The molecule has 0 amide bonds. The fourth-order valence-electron chi connectivity index (χ4n) is 1.44. The first-order valence-electron chi connectivity index (χ1n) is 5.22. The van der Waals surface area contributed by atoms with E-state index in [1.807, 2.05) is 0 Å². The third kappa shape index (κ3) is 5.81. The molecule has 0 spiro atoms. The van der Waals surface area contributed by atoms with Crippen molar-refractivity contribution in [3.05, 3.63) is 0 Å². The Morgan fingerprint density at radius 3 is 2.50 bits per heavy atom. The summed E-state index contributed by atoms with van der Waals surface area (Å²) in [4.78, 5) is 0. The molecule has 84 valence electrons. The van der Waals surface area contributed by atoms with E-state index in [-0.39, 0.29) is 0 Å². The third-order valence-electron chi connectivity index (χ3n) is 2.29. The second-order valence-electron chi connectivity index (χ2n) is 3.43. The lowest BCUT2D eigenvalue weighted by Crippen LogP contribution is -2.21. The van der Waals surface area contributed by atoms with E-state index >= 15 is 0 Å². The maximum Gasteiger partial charge on any atom is 0.0701 e. The Balaban J connectivity index is 1.82. The van der Waals surface area contributed by atoms with E-state index in [1.54, 1.807) is 0 Å². The van der Waals surface area contributed by atoms with Gasteiger partial charge in [0.1, 0.15) is 0 Å². The molecule has 0 aromatic heterocycles. The van der Waals surface area contributed by atoms with Crippen LogP contribution in [0.1, 0.15) is 12.8 Å². The van der Waals surface area contributed by atoms with Crippen molar-refractivity contribution < 1.29 is 14.2 Å². The van der Waals surface area contributed by atoms with Gasteiger partial charge in [-0.15, -0.1) is 11.6 Å². The minimum atomic E-state index is 0.556. The summed E-state index contributed by atoms with van der Waals surface area (Å²) >= 11 is 5.46. The maximum atomic E-state index is 5.50. The summed E-state index contributed by atoms with van der Waals surface area (Å²) in [6.07, 6.45) is 2.26. The second-order valence-corrected chi connectivity index (χ2v) is 3.81. The van der Waals surface area contributed by atoms with Crippen molar-refractivity contribution in [1.82, 2.24) is 0 Å². The van der Waals surface area contributed by atoms with Crippen molar-refractivity contribution in [2.45, 2.75) is 12.8 Å². The molecule has 1 heterocycles. The summed E-state index contributed by atoms with van der Waals surface area (Å²) < 4.78 is 16.0. The quantitative estimate of drug-likeness (QED) is 0.485. The first-order chi connectivity index (χ1) is 6.93. The predicted octanol–water partition coefficient (Wildman–Crippen LogP) is 1.68. The van der Waals surface area contributed by atoms with Crippen LogP contribution in [0.4, 0.5) is 0 Å². The lowest BCUT2D eigenvalue weighted by Gasteiger charge is -2.21. The van der Waals surface area contributed by atoms with Crippen LogP contribution in [0.5, 0.6) is 0 Å². The molecule has 1 fully saturated rings. The Kier molecular flexibility index (Phi) is 7.41. The van der Waals surface area contributed by atoms with Crippen LogP contribution >= 0.6 is 11.6 Å². The van der Waals surface area contributed by atoms with Crippen molar-refractivity contribution in [3.63, 3.8) is 0 Å². The SMILES string of the molecule is ClCCOCCOCC1CCOCC1. The molecule has 1 aliphatic rings. The Morgan fingerprint density at radius 2 is 1.79 bits per heavy atom. The predicted molar refractivity (Wildman–Crippen MR) is 55.9 cm³/mol. The Hall–Kier alpha value is 0.170. The maximum absolute atomic E-state index is 5.50. The average molecular weight is 223 g/mol. The van der Waals surface area contributed by atoms with Gasteiger partial charge in [-0.1, -0.05) is 0 Å². The monoisotopic (exact) mass is 222 g/mol. The molecule has 0 radical (unpaired) electrons. The summed E-state index contributed by atoms with van der Waals surface area (Å²) in [5.74, 6) is 1.23. The first-order valence-corrected chi connectivity index (χ1v) is 5.76. The van der Waals surface area contributed by atoms with Gasteiger partial charge in [0.25, 0.3) is 0 Å². The zero-order valence-electron chi connectivity index (χ0n) is 8.54. The lowest BCUT2D eigenvalue weighted by molar-refractivity contribution is 0.00187. The number of hydrogen-bond donors (Lipinski definition) is 0. The minimum absolute atomic E-state index is 0.556. The van der Waals surface area contributed by atoms with Gasteiger partial charge in [0.05, 0.1) is 19.8 Å². The van der Waals surface area contributed by atoms with Gasteiger partial charge < -0.3 is 14.2 Å². The van der Waals surface area contributed by atoms with Gasteiger partial charge in [-0.05, 0) is 18.8 Å². The van der Waals surface area contributed by atoms with E-state index in [0.29, 0.717) is 31.6 Å². The molecule has 0 atom stereocenters. The largest absolute Gasteiger partial charge is 0.381 e. The molecule has 0 aromatic carbocycles. The summed E-state index contributed by atoms with van der Waals surface area (Å²) in [6.45, 7) is 4.55. The molecule has 1 aliphatic heterocycles. The highest BCUT2D eigenvalue weighted by atomic mass is 35.5. The van der Waals surface area contributed by atoms with Crippen LogP contribution < -0.4 is 0 Å². The molecular formula is C10H19ClO3. The summed E-state index contributed by atoms with van der Waals surface area (Å²) in [5, 5.41) is 0. The minimum Gasteiger partial charge on any atom is -0.381 e. The van der Waals surface area contributed by atoms with Gasteiger partial charge in [0.15, 0.2) is 0 Å². The van der Waals surface area contributed by atoms with Gasteiger partial charge in [0, 0.05) is 25.7 Å². The molecule has 0 aromatic rings. The van der Waals surface area contributed by atoms with E-state index in [9.17, 15) is 0 Å². The molecule has 0 unspecified atom stereocenters.